The van der Waals surface area contributed by atoms with Gasteiger partial charge in [-0.2, -0.15) is 4.98 Å². The lowest BCUT2D eigenvalue weighted by molar-refractivity contribution is 0.201. The zero-order valence-electron chi connectivity index (χ0n) is 15.5. The average Bonchev–Trinajstić information content (AvgIpc) is 3.10. The lowest BCUT2D eigenvalue weighted by Crippen LogP contribution is -2.07. The number of benzene rings is 1. The van der Waals surface area contributed by atoms with Gasteiger partial charge in [-0.3, -0.25) is 0 Å². The number of hydrogen-bond acceptors (Lipinski definition) is 7. The molecule has 0 saturated carbocycles. The third kappa shape index (κ3) is 4.53. The third-order valence-corrected chi connectivity index (χ3v) is 3.58. The number of aromatic nitrogens is 4. The summed E-state index contributed by atoms with van der Waals surface area (Å²) in [5.74, 6) is 1.81. The molecule has 0 atom stereocenters. The predicted molar refractivity (Wildman–Crippen MR) is 99.5 cm³/mol. The van der Waals surface area contributed by atoms with Crippen LogP contribution in [0.4, 0.5) is 0 Å². The summed E-state index contributed by atoms with van der Waals surface area (Å²) in [6.45, 7) is 4.06. The highest BCUT2D eigenvalue weighted by Gasteiger charge is 2.16. The summed E-state index contributed by atoms with van der Waals surface area (Å²) in [5, 5.41) is 13.3. The number of methoxy groups -OCH3 is 1. The second-order valence-corrected chi connectivity index (χ2v) is 5.95. The fourth-order valence-electron chi connectivity index (χ4n) is 2.40. The number of pyridine rings is 1. The van der Waals surface area contributed by atoms with Gasteiger partial charge in [-0.1, -0.05) is 0 Å². The van der Waals surface area contributed by atoms with Gasteiger partial charge in [-0.25, -0.2) is 9.67 Å². The highest BCUT2D eigenvalue weighted by molar-refractivity contribution is 5.59. The van der Waals surface area contributed by atoms with Crippen molar-refractivity contribution in [3.05, 3.63) is 42.6 Å². The zero-order chi connectivity index (χ0) is 19.2. The van der Waals surface area contributed by atoms with Gasteiger partial charge in [-0.05, 0) is 44.2 Å². The van der Waals surface area contributed by atoms with Crippen molar-refractivity contribution in [2.75, 3.05) is 20.3 Å². The van der Waals surface area contributed by atoms with Gasteiger partial charge >= 0.3 is 6.01 Å². The van der Waals surface area contributed by atoms with Gasteiger partial charge in [-0.15, -0.1) is 5.10 Å². The van der Waals surface area contributed by atoms with E-state index in [4.69, 9.17) is 19.3 Å². The lowest BCUT2D eigenvalue weighted by Gasteiger charge is -2.07. The molecule has 1 aromatic carbocycles. The topological polar surface area (TPSA) is 91.5 Å². The second kappa shape index (κ2) is 8.50. The Balaban J connectivity index is 1.97. The molecule has 3 rings (SSSR count). The summed E-state index contributed by atoms with van der Waals surface area (Å²) in [7, 11) is 1.57. The molecule has 2 aromatic heterocycles. The number of nitrogens with zero attached hydrogens (tertiary/aromatic N) is 4. The molecule has 3 aromatic rings. The summed E-state index contributed by atoms with van der Waals surface area (Å²) < 4.78 is 17.8. The molecule has 8 heteroatoms. The first-order valence-electron chi connectivity index (χ1n) is 8.59. The number of aliphatic hydroxyl groups is 1. The minimum Gasteiger partial charge on any atom is -0.491 e. The van der Waals surface area contributed by atoms with E-state index in [-0.39, 0.29) is 25.3 Å². The minimum absolute atomic E-state index is 0.0313. The molecule has 0 saturated heterocycles. The highest BCUT2D eigenvalue weighted by Crippen LogP contribution is 2.26. The maximum atomic E-state index is 8.86. The summed E-state index contributed by atoms with van der Waals surface area (Å²) in [4.78, 5) is 8.75. The van der Waals surface area contributed by atoms with Crippen molar-refractivity contribution in [2.45, 2.75) is 20.0 Å². The highest BCUT2D eigenvalue weighted by atomic mass is 16.5. The normalized spacial score (nSPS) is 10.9. The van der Waals surface area contributed by atoms with E-state index >= 15 is 0 Å². The van der Waals surface area contributed by atoms with Gasteiger partial charge < -0.3 is 19.3 Å². The molecule has 0 aliphatic carbocycles. The molecule has 0 fully saturated rings. The number of rotatable bonds is 8. The van der Waals surface area contributed by atoms with Crippen LogP contribution in [-0.2, 0) is 0 Å². The smallest absolute Gasteiger partial charge is 0.336 e. The quantitative estimate of drug-likeness (QED) is 0.651. The number of aliphatic hydroxyl groups excluding tert-OH is 1. The molecule has 0 aliphatic heterocycles. The van der Waals surface area contributed by atoms with E-state index in [1.165, 1.54) is 0 Å². The van der Waals surface area contributed by atoms with E-state index in [0.29, 0.717) is 17.5 Å². The SMILES string of the molecule is COc1ccc(-n2nc(OC(C)C)nc2-c2ccc(OCCO)cc2)cn1. The van der Waals surface area contributed by atoms with Crippen LogP contribution >= 0.6 is 0 Å². The Hall–Kier alpha value is -3.13. The van der Waals surface area contributed by atoms with E-state index < -0.39 is 0 Å². The second-order valence-electron chi connectivity index (χ2n) is 5.95. The average molecular weight is 370 g/mol. The molecule has 0 bridgehead atoms. The van der Waals surface area contributed by atoms with E-state index in [0.717, 1.165) is 11.3 Å². The van der Waals surface area contributed by atoms with Crippen molar-refractivity contribution in [1.29, 1.82) is 0 Å². The van der Waals surface area contributed by atoms with E-state index in [1.807, 2.05) is 44.2 Å². The maximum Gasteiger partial charge on any atom is 0.336 e. The van der Waals surface area contributed by atoms with Crippen LogP contribution in [0, 0.1) is 0 Å². The van der Waals surface area contributed by atoms with Crippen molar-refractivity contribution in [2.24, 2.45) is 0 Å². The molecule has 8 nitrogen and oxygen atoms in total. The molecule has 0 amide bonds. The van der Waals surface area contributed by atoms with Gasteiger partial charge in [0.1, 0.15) is 12.4 Å². The van der Waals surface area contributed by atoms with Crippen molar-refractivity contribution in [3.63, 3.8) is 0 Å². The Labute approximate surface area is 157 Å². The van der Waals surface area contributed by atoms with E-state index in [1.54, 1.807) is 24.1 Å². The molecule has 0 aliphatic rings. The van der Waals surface area contributed by atoms with E-state index in [2.05, 4.69) is 15.1 Å². The van der Waals surface area contributed by atoms with Crippen LogP contribution in [0.3, 0.4) is 0 Å². The molecule has 2 heterocycles. The maximum absolute atomic E-state index is 8.86. The molecule has 0 unspecified atom stereocenters. The monoisotopic (exact) mass is 370 g/mol. The standard InChI is InChI=1S/C19H22N4O4/c1-13(2)27-19-21-18(14-4-7-16(8-5-14)26-11-10-24)23(22-19)15-6-9-17(25-3)20-12-15/h4-9,12-13,24H,10-11H2,1-3H3. The molecule has 142 valence electrons. The van der Waals surface area contributed by atoms with Crippen molar-refractivity contribution in [1.82, 2.24) is 19.7 Å². The van der Waals surface area contributed by atoms with Gasteiger partial charge in [0.25, 0.3) is 0 Å². The Kier molecular flexibility index (Phi) is 5.87. The van der Waals surface area contributed by atoms with Crippen LogP contribution in [0.1, 0.15) is 13.8 Å². The first-order valence-corrected chi connectivity index (χ1v) is 8.59. The molecular formula is C19H22N4O4. The molecule has 1 N–H and O–H groups in total. The summed E-state index contributed by atoms with van der Waals surface area (Å²) in [6, 6.07) is 11.3. The Morgan fingerprint density at radius 3 is 2.48 bits per heavy atom. The molecule has 0 radical (unpaired) electrons. The van der Waals surface area contributed by atoms with Crippen LogP contribution in [0.15, 0.2) is 42.6 Å². The largest absolute Gasteiger partial charge is 0.491 e. The Morgan fingerprint density at radius 1 is 1.11 bits per heavy atom. The molecule has 0 spiro atoms. The first-order chi connectivity index (χ1) is 13.1. The van der Waals surface area contributed by atoms with Crippen molar-refractivity contribution >= 4 is 0 Å². The lowest BCUT2D eigenvalue weighted by atomic mass is 10.2. The van der Waals surface area contributed by atoms with Crippen LogP contribution in [0.2, 0.25) is 0 Å². The number of ether oxygens (including phenoxy) is 3. The molecule has 27 heavy (non-hydrogen) atoms. The minimum atomic E-state index is -0.0445. The summed E-state index contributed by atoms with van der Waals surface area (Å²) in [5.41, 5.74) is 1.57. The summed E-state index contributed by atoms with van der Waals surface area (Å²) in [6.07, 6.45) is 1.62. The fraction of sp³-hybridized carbons (Fsp3) is 0.316. The van der Waals surface area contributed by atoms with E-state index in [9.17, 15) is 0 Å². The number of hydrogen-bond donors (Lipinski definition) is 1. The zero-order valence-corrected chi connectivity index (χ0v) is 15.5. The van der Waals surface area contributed by atoms with Gasteiger partial charge in [0.05, 0.1) is 31.7 Å². The summed E-state index contributed by atoms with van der Waals surface area (Å²) >= 11 is 0. The van der Waals surface area contributed by atoms with Crippen LogP contribution in [0.25, 0.3) is 17.1 Å². The fourth-order valence-corrected chi connectivity index (χ4v) is 2.40. The van der Waals surface area contributed by atoms with Gasteiger partial charge in [0, 0.05) is 11.6 Å². The van der Waals surface area contributed by atoms with Gasteiger partial charge in [0.15, 0.2) is 5.82 Å². The van der Waals surface area contributed by atoms with Crippen LogP contribution < -0.4 is 14.2 Å². The Bertz CT molecular complexity index is 860. The molecular weight excluding hydrogens is 348 g/mol. The Morgan fingerprint density at radius 2 is 1.89 bits per heavy atom. The first kappa shape index (κ1) is 18.7. The van der Waals surface area contributed by atoms with Crippen molar-refractivity contribution in [3.8, 4) is 34.7 Å². The van der Waals surface area contributed by atoms with Crippen LogP contribution in [-0.4, -0.2) is 51.3 Å². The predicted octanol–water partition coefficient (Wildman–Crippen LogP) is 2.50. The third-order valence-electron chi connectivity index (χ3n) is 3.58. The van der Waals surface area contributed by atoms with Crippen molar-refractivity contribution < 1.29 is 19.3 Å². The van der Waals surface area contributed by atoms with Gasteiger partial charge in [0.2, 0.25) is 5.88 Å². The van der Waals surface area contributed by atoms with Crippen LogP contribution in [0.5, 0.6) is 17.6 Å².